The number of rotatable bonds is 6. The lowest BCUT2D eigenvalue weighted by atomic mass is 10.0. The molecule has 2 aliphatic rings. The van der Waals surface area contributed by atoms with E-state index in [9.17, 15) is 14.7 Å². The van der Waals surface area contributed by atoms with E-state index >= 15 is 0 Å². The van der Waals surface area contributed by atoms with Gasteiger partial charge in [-0.15, -0.1) is 0 Å². The molecule has 0 aliphatic carbocycles. The van der Waals surface area contributed by atoms with Gasteiger partial charge in [-0.2, -0.15) is 0 Å². The van der Waals surface area contributed by atoms with Crippen molar-refractivity contribution in [1.29, 1.82) is 0 Å². The van der Waals surface area contributed by atoms with Gasteiger partial charge in [-0.3, -0.25) is 4.79 Å². The number of ether oxygens (including phenoxy) is 2. The minimum atomic E-state index is -0.972. The summed E-state index contributed by atoms with van der Waals surface area (Å²) in [5.41, 5.74) is 0. The highest BCUT2D eigenvalue weighted by molar-refractivity contribution is 5.86. The third-order valence-corrected chi connectivity index (χ3v) is 4.22. The summed E-state index contributed by atoms with van der Waals surface area (Å²) in [6.07, 6.45) is 1.11. The second kappa shape index (κ2) is 7.20. The van der Waals surface area contributed by atoms with Crippen LogP contribution in [-0.4, -0.2) is 73.5 Å². The van der Waals surface area contributed by atoms with E-state index < -0.39 is 12.0 Å². The number of nitrogens with one attached hydrogen (secondary N) is 1. The Labute approximate surface area is 124 Å². The minimum Gasteiger partial charge on any atom is -0.480 e. The summed E-state index contributed by atoms with van der Waals surface area (Å²) in [7, 11) is 1.54. The normalized spacial score (nSPS) is 32.6. The number of hydrogen-bond acceptors (Lipinski definition) is 5. The molecule has 4 atom stereocenters. The zero-order valence-corrected chi connectivity index (χ0v) is 12.6. The van der Waals surface area contributed by atoms with Crippen LogP contribution in [0.25, 0.3) is 0 Å². The van der Waals surface area contributed by atoms with Crippen molar-refractivity contribution in [3.05, 3.63) is 0 Å². The first-order valence-corrected chi connectivity index (χ1v) is 7.45. The Balaban J connectivity index is 2.05. The first-order valence-electron chi connectivity index (χ1n) is 7.45. The van der Waals surface area contributed by atoms with E-state index in [0.29, 0.717) is 26.2 Å². The highest BCUT2D eigenvalue weighted by atomic mass is 16.5. The number of methoxy groups -OCH3 is 1. The van der Waals surface area contributed by atoms with Crippen LogP contribution in [0.3, 0.4) is 0 Å². The Morgan fingerprint density at radius 1 is 1.43 bits per heavy atom. The maximum Gasteiger partial charge on any atom is 0.326 e. The van der Waals surface area contributed by atoms with Crippen molar-refractivity contribution in [2.45, 2.75) is 38.0 Å². The van der Waals surface area contributed by atoms with E-state index in [0.717, 1.165) is 13.0 Å². The molecule has 0 aromatic carbocycles. The molecule has 7 nitrogen and oxygen atoms in total. The summed E-state index contributed by atoms with van der Waals surface area (Å²) in [5, 5.41) is 12.6. The summed E-state index contributed by atoms with van der Waals surface area (Å²) in [4.78, 5) is 25.5. The molecule has 120 valence electrons. The molecule has 7 heteroatoms. The van der Waals surface area contributed by atoms with Gasteiger partial charge in [0.2, 0.25) is 5.91 Å². The van der Waals surface area contributed by atoms with E-state index in [2.05, 4.69) is 12.2 Å². The molecule has 4 unspecified atom stereocenters. The number of carboxylic acid groups (broad SMARTS) is 1. The SMILES string of the molecule is CCCNC1COCC1C(=O)N1CC(OC)CC1C(=O)O. The lowest BCUT2D eigenvalue weighted by Gasteiger charge is -2.27. The van der Waals surface area contributed by atoms with Crippen LogP contribution in [0.5, 0.6) is 0 Å². The number of aliphatic carboxylic acids is 1. The van der Waals surface area contributed by atoms with Gasteiger partial charge in [-0.1, -0.05) is 6.92 Å². The summed E-state index contributed by atoms with van der Waals surface area (Å²) in [6.45, 7) is 4.06. The fraction of sp³-hybridized carbons (Fsp3) is 0.857. The highest BCUT2D eigenvalue weighted by Crippen LogP contribution is 2.25. The first kappa shape index (κ1) is 16.2. The molecule has 0 radical (unpaired) electrons. The average Bonchev–Trinajstić information content (AvgIpc) is 3.10. The van der Waals surface area contributed by atoms with E-state index in [1.165, 1.54) is 4.90 Å². The summed E-state index contributed by atoms with van der Waals surface area (Å²) < 4.78 is 10.6. The maximum atomic E-state index is 12.7. The van der Waals surface area contributed by atoms with Gasteiger partial charge in [-0.25, -0.2) is 4.79 Å². The number of hydrogen-bond donors (Lipinski definition) is 2. The predicted octanol–water partition coefficient (Wildman–Crippen LogP) is -0.298. The quantitative estimate of drug-likeness (QED) is 0.700. The van der Waals surface area contributed by atoms with E-state index in [1.54, 1.807) is 7.11 Å². The van der Waals surface area contributed by atoms with Crippen LogP contribution in [0.1, 0.15) is 19.8 Å². The van der Waals surface area contributed by atoms with Crippen molar-refractivity contribution in [3.63, 3.8) is 0 Å². The molecule has 2 rings (SSSR count). The van der Waals surface area contributed by atoms with Crippen molar-refractivity contribution >= 4 is 11.9 Å². The van der Waals surface area contributed by atoms with Crippen LogP contribution >= 0.6 is 0 Å². The topological polar surface area (TPSA) is 88.1 Å². The van der Waals surface area contributed by atoms with E-state index in [-0.39, 0.29) is 24.0 Å². The Morgan fingerprint density at radius 2 is 2.19 bits per heavy atom. The Bertz CT molecular complexity index is 390. The van der Waals surface area contributed by atoms with E-state index in [1.807, 2.05) is 0 Å². The second-order valence-electron chi connectivity index (χ2n) is 5.64. The molecule has 0 saturated carbocycles. The van der Waals surface area contributed by atoms with Crippen LogP contribution < -0.4 is 5.32 Å². The van der Waals surface area contributed by atoms with Crippen LogP contribution in [0.2, 0.25) is 0 Å². The standard InChI is InChI=1S/C14H24N2O5/c1-3-4-15-11-8-21-7-10(11)13(17)16-6-9(20-2)5-12(16)14(18)19/h9-12,15H,3-8H2,1-2H3,(H,18,19). The van der Waals surface area contributed by atoms with Crippen LogP contribution in [0.4, 0.5) is 0 Å². The molecule has 1 amide bonds. The molecule has 0 aromatic rings. The number of carboxylic acids is 1. The molecule has 2 saturated heterocycles. The van der Waals surface area contributed by atoms with Crippen molar-refractivity contribution in [2.75, 3.05) is 33.4 Å². The molecule has 2 fully saturated rings. The van der Waals surface area contributed by atoms with Gasteiger partial charge in [0, 0.05) is 26.1 Å². The monoisotopic (exact) mass is 300 g/mol. The lowest BCUT2D eigenvalue weighted by molar-refractivity contribution is -0.150. The van der Waals surface area contributed by atoms with Gasteiger partial charge in [0.1, 0.15) is 6.04 Å². The zero-order valence-electron chi connectivity index (χ0n) is 12.6. The molecule has 2 N–H and O–H groups in total. The maximum absolute atomic E-state index is 12.7. The van der Waals surface area contributed by atoms with Crippen molar-refractivity contribution < 1.29 is 24.2 Å². The molecule has 0 spiro atoms. The van der Waals surface area contributed by atoms with Crippen molar-refractivity contribution in [2.24, 2.45) is 5.92 Å². The van der Waals surface area contributed by atoms with Gasteiger partial charge in [0.25, 0.3) is 0 Å². The molecular formula is C14H24N2O5. The molecule has 0 aromatic heterocycles. The largest absolute Gasteiger partial charge is 0.480 e. The highest BCUT2D eigenvalue weighted by Gasteiger charge is 2.45. The minimum absolute atomic E-state index is 0.0338. The summed E-state index contributed by atoms with van der Waals surface area (Å²) in [6, 6.07) is -0.830. The summed E-state index contributed by atoms with van der Waals surface area (Å²) >= 11 is 0. The Morgan fingerprint density at radius 3 is 2.81 bits per heavy atom. The van der Waals surface area contributed by atoms with Gasteiger partial charge < -0.3 is 24.8 Å². The van der Waals surface area contributed by atoms with Crippen LogP contribution in [0, 0.1) is 5.92 Å². The predicted molar refractivity (Wildman–Crippen MR) is 74.9 cm³/mol. The zero-order chi connectivity index (χ0) is 15.4. The van der Waals surface area contributed by atoms with Crippen molar-refractivity contribution in [3.8, 4) is 0 Å². The van der Waals surface area contributed by atoms with Gasteiger partial charge >= 0.3 is 5.97 Å². The molecular weight excluding hydrogens is 276 g/mol. The fourth-order valence-electron chi connectivity index (χ4n) is 2.99. The van der Waals surface area contributed by atoms with Crippen molar-refractivity contribution in [1.82, 2.24) is 10.2 Å². The molecule has 0 bridgehead atoms. The van der Waals surface area contributed by atoms with E-state index in [4.69, 9.17) is 9.47 Å². The number of nitrogens with zero attached hydrogens (tertiary/aromatic N) is 1. The third kappa shape index (κ3) is 3.53. The summed E-state index contributed by atoms with van der Waals surface area (Å²) in [5.74, 6) is -1.43. The average molecular weight is 300 g/mol. The van der Waals surface area contributed by atoms with Gasteiger partial charge in [0.05, 0.1) is 25.2 Å². The van der Waals surface area contributed by atoms with Gasteiger partial charge in [-0.05, 0) is 13.0 Å². The number of carbonyl (C=O) groups excluding carboxylic acids is 1. The Hall–Kier alpha value is -1.18. The van der Waals surface area contributed by atoms with Gasteiger partial charge in [0.15, 0.2) is 0 Å². The lowest BCUT2D eigenvalue weighted by Crippen LogP contribution is -2.49. The number of carbonyl (C=O) groups is 2. The molecule has 2 aliphatic heterocycles. The molecule has 2 heterocycles. The second-order valence-corrected chi connectivity index (χ2v) is 5.64. The first-order chi connectivity index (χ1) is 10.1. The third-order valence-electron chi connectivity index (χ3n) is 4.22. The number of likely N-dealkylation sites (tertiary alicyclic amines) is 1. The van der Waals surface area contributed by atoms with Crippen LogP contribution in [0.15, 0.2) is 0 Å². The van der Waals surface area contributed by atoms with Crippen LogP contribution in [-0.2, 0) is 19.1 Å². The fourth-order valence-corrected chi connectivity index (χ4v) is 2.99. The molecule has 21 heavy (non-hydrogen) atoms. The smallest absolute Gasteiger partial charge is 0.326 e. The number of amides is 1. The Kier molecular flexibility index (Phi) is 5.55.